The summed E-state index contributed by atoms with van der Waals surface area (Å²) >= 11 is 0. The summed E-state index contributed by atoms with van der Waals surface area (Å²) in [6.45, 7) is 2.15. The molecule has 0 aromatic heterocycles. The minimum atomic E-state index is -0.222. The summed E-state index contributed by atoms with van der Waals surface area (Å²) in [6.07, 6.45) is 5.37. The molecule has 1 aliphatic heterocycles. The Labute approximate surface area is 125 Å². The van der Waals surface area contributed by atoms with Crippen LogP contribution in [0.1, 0.15) is 50.5 Å². The molecule has 4 heteroatoms. The molecule has 0 unspecified atom stereocenters. The van der Waals surface area contributed by atoms with E-state index in [9.17, 15) is 9.18 Å². The van der Waals surface area contributed by atoms with Gasteiger partial charge in [-0.05, 0) is 48.9 Å². The van der Waals surface area contributed by atoms with Crippen LogP contribution in [0.15, 0.2) is 18.2 Å². The molecule has 114 valence electrons. The van der Waals surface area contributed by atoms with E-state index in [0.29, 0.717) is 5.92 Å². The fourth-order valence-electron chi connectivity index (χ4n) is 4.12. The van der Waals surface area contributed by atoms with Crippen molar-refractivity contribution in [2.45, 2.75) is 50.5 Å². The first-order valence-electron chi connectivity index (χ1n) is 7.75. The molecule has 1 fully saturated rings. The molecule has 0 saturated heterocycles. The van der Waals surface area contributed by atoms with Gasteiger partial charge in [-0.2, -0.15) is 0 Å². The van der Waals surface area contributed by atoms with Gasteiger partial charge in [-0.15, -0.1) is 0 Å². The third-order valence-electron chi connectivity index (χ3n) is 5.03. The van der Waals surface area contributed by atoms with Crippen LogP contribution in [-0.4, -0.2) is 30.6 Å². The van der Waals surface area contributed by atoms with Crippen molar-refractivity contribution in [2.24, 2.45) is 0 Å². The molecule has 3 rings (SSSR count). The van der Waals surface area contributed by atoms with Crippen molar-refractivity contribution in [3.63, 3.8) is 0 Å². The number of amides is 2. The number of hydrogen-bond acceptors (Lipinski definition) is 1. The lowest BCUT2D eigenvalue weighted by atomic mass is 9.77. The van der Waals surface area contributed by atoms with Gasteiger partial charge in [0, 0.05) is 19.8 Å². The lowest BCUT2D eigenvalue weighted by Gasteiger charge is -2.48. The van der Waals surface area contributed by atoms with Gasteiger partial charge < -0.3 is 4.90 Å². The van der Waals surface area contributed by atoms with E-state index in [1.54, 1.807) is 31.1 Å². The quantitative estimate of drug-likeness (QED) is 0.704. The van der Waals surface area contributed by atoms with Crippen molar-refractivity contribution in [2.75, 3.05) is 19.0 Å². The second-order valence-corrected chi connectivity index (χ2v) is 6.75. The van der Waals surface area contributed by atoms with E-state index in [1.165, 1.54) is 18.9 Å². The minimum Gasteiger partial charge on any atom is -0.330 e. The summed E-state index contributed by atoms with van der Waals surface area (Å²) in [7, 11) is 3.57. The van der Waals surface area contributed by atoms with E-state index >= 15 is 0 Å². The largest absolute Gasteiger partial charge is 0.330 e. The summed E-state index contributed by atoms with van der Waals surface area (Å²) in [5.74, 6) is 0.0697. The van der Waals surface area contributed by atoms with Crippen molar-refractivity contribution in [3.8, 4) is 0 Å². The first-order chi connectivity index (χ1) is 9.94. The number of anilines is 1. The number of hydrogen-bond donors (Lipinski definition) is 0. The number of carbonyl (C=O) groups is 1. The predicted molar refractivity (Wildman–Crippen MR) is 82.2 cm³/mol. The fourth-order valence-corrected chi connectivity index (χ4v) is 4.12. The van der Waals surface area contributed by atoms with Gasteiger partial charge in [0.25, 0.3) is 0 Å². The van der Waals surface area contributed by atoms with Gasteiger partial charge in [-0.1, -0.05) is 19.8 Å². The normalized spacial score (nSPS) is 23.2. The molecule has 1 aromatic carbocycles. The number of halogens is 1. The van der Waals surface area contributed by atoms with Crippen LogP contribution in [0.3, 0.4) is 0 Å². The van der Waals surface area contributed by atoms with E-state index in [1.807, 2.05) is 4.90 Å². The molecular formula is C17H23FN2O. The maximum Gasteiger partial charge on any atom is 0.324 e. The minimum absolute atomic E-state index is 0.0108. The molecule has 1 heterocycles. The van der Waals surface area contributed by atoms with Crippen molar-refractivity contribution in [1.29, 1.82) is 0 Å². The highest BCUT2D eigenvalue weighted by atomic mass is 19.1. The smallest absolute Gasteiger partial charge is 0.324 e. The second-order valence-electron chi connectivity index (χ2n) is 6.75. The highest BCUT2D eigenvalue weighted by Gasteiger charge is 2.48. The van der Waals surface area contributed by atoms with E-state index < -0.39 is 0 Å². The van der Waals surface area contributed by atoms with Crippen LogP contribution >= 0.6 is 0 Å². The van der Waals surface area contributed by atoms with Crippen LogP contribution < -0.4 is 4.90 Å². The number of urea groups is 1. The first kappa shape index (κ1) is 14.4. The van der Waals surface area contributed by atoms with Crippen LogP contribution in [0.25, 0.3) is 0 Å². The molecule has 1 aliphatic carbocycles. The number of nitrogens with zero attached hydrogens (tertiary/aromatic N) is 2. The van der Waals surface area contributed by atoms with Gasteiger partial charge >= 0.3 is 6.03 Å². The van der Waals surface area contributed by atoms with Gasteiger partial charge in [-0.3, -0.25) is 4.90 Å². The Kier molecular flexibility index (Phi) is 3.42. The number of fused-ring (bicyclic) bond motifs is 1. The molecule has 1 aromatic rings. The van der Waals surface area contributed by atoms with E-state index in [-0.39, 0.29) is 17.4 Å². The average Bonchev–Trinajstić information content (AvgIpc) is 2.88. The lowest BCUT2D eigenvalue weighted by Crippen LogP contribution is -2.56. The van der Waals surface area contributed by atoms with Crippen molar-refractivity contribution in [3.05, 3.63) is 29.6 Å². The molecule has 0 N–H and O–H groups in total. The Hall–Kier alpha value is -1.58. The van der Waals surface area contributed by atoms with Gasteiger partial charge in [0.05, 0.1) is 5.54 Å². The van der Waals surface area contributed by atoms with Crippen LogP contribution in [-0.2, 0) is 0 Å². The maximum absolute atomic E-state index is 13.6. The van der Waals surface area contributed by atoms with E-state index in [2.05, 4.69) is 6.92 Å². The molecule has 1 atom stereocenters. The van der Waals surface area contributed by atoms with Crippen LogP contribution in [0.5, 0.6) is 0 Å². The zero-order valence-electron chi connectivity index (χ0n) is 13.0. The first-order valence-corrected chi connectivity index (χ1v) is 7.75. The third kappa shape index (κ3) is 2.21. The third-order valence-corrected chi connectivity index (χ3v) is 5.03. The van der Waals surface area contributed by atoms with Crippen molar-refractivity contribution < 1.29 is 9.18 Å². The molecule has 3 nitrogen and oxygen atoms in total. The summed E-state index contributed by atoms with van der Waals surface area (Å²) in [5.41, 5.74) is 1.78. The van der Waals surface area contributed by atoms with Gasteiger partial charge in [0.15, 0.2) is 0 Å². The molecule has 0 radical (unpaired) electrons. The van der Waals surface area contributed by atoms with Crippen molar-refractivity contribution >= 4 is 11.7 Å². The average molecular weight is 290 g/mol. The SMILES string of the molecule is C[C@H]1CC2(CCCC2)N(C(=O)N(C)C)c2ccc(F)cc21. The summed E-state index contributed by atoms with van der Waals surface area (Å²) in [6, 6.07) is 4.85. The molecular weight excluding hydrogens is 267 g/mol. The Morgan fingerprint density at radius 2 is 2.00 bits per heavy atom. The number of carbonyl (C=O) groups excluding carboxylic acids is 1. The number of benzene rings is 1. The summed E-state index contributed by atoms with van der Waals surface area (Å²) in [5, 5.41) is 0. The van der Waals surface area contributed by atoms with Crippen LogP contribution in [0.2, 0.25) is 0 Å². The van der Waals surface area contributed by atoms with Gasteiger partial charge in [0.2, 0.25) is 0 Å². The van der Waals surface area contributed by atoms with Crippen LogP contribution in [0.4, 0.5) is 14.9 Å². The summed E-state index contributed by atoms with van der Waals surface area (Å²) < 4.78 is 13.6. The molecule has 1 spiro atoms. The topological polar surface area (TPSA) is 23.6 Å². The molecule has 21 heavy (non-hydrogen) atoms. The van der Waals surface area contributed by atoms with E-state index in [0.717, 1.165) is 30.5 Å². The monoisotopic (exact) mass is 290 g/mol. The van der Waals surface area contributed by atoms with Crippen LogP contribution in [0, 0.1) is 5.82 Å². The Balaban J connectivity index is 2.14. The molecule has 0 bridgehead atoms. The zero-order valence-corrected chi connectivity index (χ0v) is 13.0. The predicted octanol–water partition coefficient (Wildman–Crippen LogP) is 4.13. The van der Waals surface area contributed by atoms with Gasteiger partial charge in [0.1, 0.15) is 5.82 Å². The molecule has 2 amide bonds. The Morgan fingerprint density at radius 3 is 2.62 bits per heavy atom. The molecule has 2 aliphatic rings. The zero-order chi connectivity index (χ0) is 15.2. The highest BCUT2D eigenvalue weighted by molar-refractivity contribution is 5.95. The Morgan fingerprint density at radius 1 is 1.33 bits per heavy atom. The highest BCUT2D eigenvalue weighted by Crippen LogP contribution is 2.50. The van der Waals surface area contributed by atoms with Crippen molar-refractivity contribution in [1.82, 2.24) is 4.90 Å². The Bertz CT molecular complexity index is 564. The van der Waals surface area contributed by atoms with Gasteiger partial charge in [-0.25, -0.2) is 9.18 Å². The molecule has 1 saturated carbocycles. The van der Waals surface area contributed by atoms with E-state index in [4.69, 9.17) is 0 Å². The lowest BCUT2D eigenvalue weighted by molar-refractivity contribution is 0.208. The second kappa shape index (κ2) is 5.00. The summed E-state index contributed by atoms with van der Waals surface area (Å²) in [4.78, 5) is 16.4. The number of rotatable bonds is 0. The maximum atomic E-state index is 13.6. The standard InChI is InChI=1S/C17H23FN2O/c1-12-11-17(8-4-5-9-17)20(16(21)19(2)3)15-7-6-13(18)10-14(12)15/h6-7,10,12H,4-5,8-9,11H2,1-3H3/t12-/m0/s1. The fraction of sp³-hybridized carbons (Fsp3) is 0.588.